The van der Waals surface area contributed by atoms with Crippen LogP contribution in [-0.2, 0) is 11.3 Å². The Kier molecular flexibility index (Phi) is 4.57. The molecule has 0 bridgehead atoms. The second kappa shape index (κ2) is 7.01. The van der Waals surface area contributed by atoms with Crippen molar-refractivity contribution in [2.24, 2.45) is 0 Å². The number of pyridine rings is 1. The molecule has 1 aliphatic heterocycles. The van der Waals surface area contributed by atoms with Crippen LogP contribution >= 0.6 is 23.4 Å². The van der Waals surface area contributed by atoms with Crippen molar-refractivity contribution in [3.63, 3.8) is 0 Å². The van der Waals surface area contributed by atoms with E-state index in [1.807, 2.05) is 24.3 Å². The molecule has 0 aliphatic carbocycles. The van der Waals surface area contributed by atoms with Crippen molar-refractivity contribution in [1.29, 1.82) is 0 Å². The van der Waals surface area contributed by atoms with E-state index in [0.29, 0.717) is 22.9 Å². The summed E-state index contributed by atoms with van der Waals surface area (Å²) in [5, 5.41) is 7.72. The van der Waals surface area contributed by atoms with E-state index in [4.69, 9.17) is 11.6 Å². The molecule has 3 heterocycles. The molecule has 4 rings (SSSR count). The Morgan fingerprint density at radius 3 is 2.85 bits per heavy atom. The van der Waals surface area contributed by atoms with Gasteiger partial charge in [-0.25, -0.2) is 4.68 Å². The maximum atomic E-state index is 12.2. The molecule has 3 aromatic rings. The Bertz CT molecular complexity index is 1030. The molecule has 1 amide bonds. The summed E-state index contributed by atoms with van der Waals surface area (Å²) < 4.78 is 1.71. The Balaban J connectivity index is 1.78. The van der Waals surface area contributed by atoms with Gasteiger partial charge in [0.1, 0.15) is 5.82 Å². The fraction of sp³-hybridized carbons (Fsp3) is 0.167. The van der Waals surface area contributed by atoms with Crippen molar-refractivity contribution in [3.8, 4) is 0 Å². The number of hydrogen-bond acceptors (Lipinski definition) is 4. The van der Waals surface area contributed by atoms with Crippen LogP contribution in [0.3, 0.4) is 0 Å². The Morgan fingerprint density at radius 1 is 1.19 bits per heavy atom. The van der Waals surface area contributed by atoms with Gasteiger partial charge in [-0.1, -0.05) is 35.9 Å². The lowest BCUT2D eigenvalue weighted by Gasteiger charge is -2.13. The number of nitrogens with one attached hydrogen (secondary N) is 2. The lowest BCUT2D eigenvalue weighted by molar-refractivity contribution is -0.113. The molecule has 26 heavy (non-hydrogen) atoms. The molecule has 2 N–H and O–H groups in total. The molecule has 6 nitrogen and oxygen atoms in total. The SMILES string of the molecule is O=C1CS[C@H](c2ccc[nH]c2=O)c2cnn(Cc3ccccc3Cl)c2N1. The van der Waals surface area contributed by atoms with E-state index in [9.17, 15) is 9.59 Å². The zero-order chi connectivity index (χ0) is 18.1. The van der Waals surface area contributed by atoms with Gasteiger partial charge in [0.15, 0.2) is 0 Å². The number of H-pyrrole nitrogens is 1. The number of rotatable bonds is 3. The normalized spacial score (nSPS) is 16.7. The molecule has 2 aromatic heterocycles. The van der Waals surface area contributed by atoms with Crippen LogP contribution in [0, 0.1) is 0 Å². The number of halogens is 1. The summed E-state index contributed by atoms with van der Waals surface area (Å²) in [5.41, 5.74) is 2.15. The molecule has 0 radical (unpaired) electrons. The number of carbonyl (C=O) groups excluding carboxylic acids is 1. The number of aromatic amines is 1. The van der Waals surface area contributed by atoms with Gasteiger partial charge in [0.05, 0.1) is 23.7 Å². The standard InChI is InChI=1S/C18H15ClN4O2S/c19-14-6-2-1-4-11(14)9-23-17-13(8-21-23)16(26-10-15(24)22-17)12-5-3-7-20-18(12)25/h1-8,16H,9-10H2,(H,20,25)(H,22,24)/t16-/m1/s1. The lowest BCUT2D eigenvalue weighted by Crippen LogP contribution is -2.17. The highest BCUT2D eigenvalue weighted by atomic mass is 35.5. The van der Waals surface area contributed by atoms with E-state index in [1.54, 1.807) is 29.2 Å². The van der Waals surface area contributed by atoms with Crippen molar-refractivity contribution in [2.75, 3.05) is 11.1 Å². The zero-order valence-electron chi connectivity index (χ0n) is 13.6. The first kappa shape index (κ1) is 16.9. The van der Waals surface area contributed by atoms with Gasteiger partial charge in [0.2, 0.25) is 5.91 Å². The van der Waals surface area contributed by atoms with Crippen molar-refractivity contribution >= 4 is 35.1 Å². The van der Waals surface area contributed by atoms with Gasteiger partial charge >= 0.3 is 0 Å². The molecule has 0 saturated carbocycles. The number of benzene rings is 1. The smallest absolute Gasteiger partial charge is 0.252 e. The molecule has 8 heteroatoms. The van der Waals surface area contributed by atoms with Gasteiger partial charge in [-0.3, -0.25) is 9.59 Å². The van der Waals surface area contributed by atoms with Crippen LogP contribution in [0.1, 0.15) is 21.9 Å². The van der Waals surface area contributed by atoms with Gasteiger partial charge in [0, 0.05) is 22.3 Å². The van der Waals surface area contributed by atoms with Crippen molar-refractivity contribution in [2.45, 2.75) is 11.8 Å². The number of carbonyl (C=O) groups is 1. The first-order chi connectivity index (χ1) is 12.6. The predicted octanol–water partition coefficient (Wildman–Crippen LogP) is 3.05. The molecule has 132 valence electrons. The number of amides is 1. The summed E-state index contributed by atoms with van der Waals surface area (Å²) >= 11 is 7.67. The lowest BCUT2D eigenvalue weighted by atomic mass is 10.1. The minimum absolute atomic E-state index is 0.119. The average molecular weight is 387 g/mol. The third-order valence-electron chi connectivity index (χ3n) is 4.20. The van der Waals surface area contributed by atoms with Gasteiger partial charge < -0.3 is 10.3 Å². The summed E-state index contributed by atoms with van der Waals surface area (Å²) in [6.07, 6.45) is 3.31. The van der Waals surface area contributed by atoms with E-state index >= 15 is 0 Å². The van der Waals surface area contributed by atoms with Gasteiger partial charge in [-0.05, 0) is 17.7 Å². The predicted molar refractivity (Wildman–Crippen MR) is 103 cm³/mol. The van der Waals surface area contributed by atoms with E-state index in [0.717, 1.165) is 11.1 Å². The molecule has 0 saturated heterocycles. The average Bonchev–Trinajstić information content (AvgIpc) is 2.92. The molecular weight excluding hydrogens is 372 g/mol. The van der Waals surface area contributed by atoms with Crippen molar-refractivity contribution < 1.29 is 4.79 Å². The van der Waals surface area contributed by atoms with Crippen molar-refractivity contribution in [3.05, 3.63) is 80.9 Å². The highest BCUT2D eigenvalue weighted by Gasteiger charge is 2.29. The molecule has 0 fully saturated rings. The summed E-state index contributed by atoms with van der Waals surface area (Å²) in [6, 6.07) is 11.1. The molecule has 1 aromatic carbocycles. The topological polar surface area (TPSA) is 79.8 Å². The fourth-order valence-electron chi connectivity index (χ4n) is 2.95. The quantitative estimate of drug-likeness (QED) is 0.725. The summed E-state index contributed by atoms with van der Waals surface area (Å²) in [6.45, 7) is 0.428. The fourth-order valence-corrected chi connectivity index (χ4v) is 4.25. The highest BCUT2D eigenvalue weighted by Crippen LogP contribution is 2.40. The van der Waals surface area contributed by atoms with Gasteiger partial charge in [-0.2, -0.15) is 5.10 Å². The third kappa shape index (κ3) is 3.15. The Labute approximate surface area is 158 Å². The Hall–Kier alpha value is -2.51. The number of hydrogen-bond donors (Lipinski definition) is 2. The maximum absolute atomic E-state index is 12.2. The minimum Gasteiger partial charge on any atom is -0.329 e. The number of thioether (sulfide) groups is 1. The zero-order valence-corrected chi connectivity index (χ0v) is 15.2. The second-order valence-electron chi connectivity index (χ2n) is 5.89. The van der Waals surface area contributed by atoms with Crippen LogP contribution in [0.4, 0.5) is 5.82 Å². The Morgan fingerprint density at radius 2 is 2.04 bits per heavy atom. The van der Waals surface area contributed by atoms with Crippen LogP contribution in [0.15, 0.2) is 53.6 Å². The molecule has 1 atom stereocenters. The second-order valence-corrected chi connectivity index (χ2v) is 7.39. The highest BCUT2D eigenvalue weighted by molar-refractivity contribution is 8.00. The summed E-state index contributed by atoms with van der Waals surface area (Å²) in [5.74, 6) is 0.750. The van der Waals surface area contributed by atoms with Crippen LogP contribution in [-0.4, -0.2) is 26.4 Å². The molecular formula is C18H15ClN4O2S. The number of fused-ring (bicyclic) bond motifs is 1. The van der Waals surface area contributed by atoms with E-state index in [2.05, 4.69) is 15.4 Å². The number of nitrogens with zero attached hydrogens (tertiary/aromatic N) is 2. The van der Waals surface area contributed by atoms with E-state index < -0.39 is 0 Å². The maximum Gasteiger partial charge on any atom is 0.252 e. The van der Waals surface area contributed by atoms with Crippen LogP contribution < -0.4 is 10.9 Å². The van der Waals surface area contributed by atoms with Gasteiger partial charge in [-0.15, -0.1) is 11.8 Å². The van der Waals surface area contributed by atoms with Crippen LogP contribution in [0.25, 0.3) is 0 Å². The monoisotopic (exact) mass is 386 g/mol. The third-order valence-corrected chi connectivity index (χ3v) is 5.84. The summed E-state index contributed by atoms with van der Waals surface area (Å²) in [7, 11) is 0. The molecule has 0 spiro atoms. The minimum atomic E-state index is -0.270. The molecule has 0 unspecified atom stereocenters. The van der Waals surface area contributed by atoms with Crippen LogP contribution in [0.2, 0.25) is 5.02 Å². The van der Waals surface area contributed by atoms with Gasteiger partial charge in [0.25, 0.3) is 5.56 Å². The van der Waals surface area contributed by atoms with E-state index in [1.165, 1.54) is 11.8 Å². The number of anilines is 1. The number of aromatic nitrogens is 3. The van der Waals surface area contributed by atoms with Crippen molar-refractivity contribution in [1.82, 2.24) is 14.8 Å². The summed E-state index contributed by atoms with van der Waals surface area (Å²) in [4.78, 5) is 27.1. The largest absolute Gasteiger partial charge is 0.329 e. The van der Waals surface area contributed by atoms with E-state index in [-0.39, 0.29) is 22.5 Å². The van der Waals surface area contributed by atoms with Crippen LogP contribution in [0.5, 0.6) is 0 Å². The first-order valence-corrected chi connectivity index (χ1v) is 9.44. The molecule has 1 aliphatic rings. The first-order valence-electron chi connectivity index (χ1n) is 8.01.